The van der Waals surface area contributed by atoms with Crippen LogP contribution >= 0.6 is 15.9 Å². The van der Waals surface area contributed by atoms with Gasteiger partial charge in [-0.1, -0.05) is 6.42 Å². The van der Waals surface area contributed by atoms with Gasteiger partial charge in [-0.25, -0.2) is 0 Å². The van der Waals surface area contributed by atoms with E-state index in [1.54, 1.807) is 6.07 Å². The second-order valence-electron chi connectivity index (χ2n) is 4.13. The summed E-state index contributed by atoms with van der Waals surface area (Å²) >= 11 is 3.37. The molecule has 2 nitrogen and oxygen atoms in total. The fraction of sp³-hybridized carbons (Fsp3) is 0.462. The molecule has 1 saturated carbocycles. The van der Waals surface area contributed by atoms with Crippen molar-refractivity contribution in [2.45, 2.75) is 38.2 Å². The fourth-order valence-corrected chi connectivity index (χ4v) is 2.48. The van der Waals surface area contributed by atoms with Crippen LogP contribution in [0, 0.1) is 11.3 Å². The van der Waals surface area contributed by atoms with Crippen molar-refractivity contribution in [2.24, 2.45) is 0 Å². The molecule has 16 heavy (non-hydrogen) atoms. The molecule has 1 aliphatic rings. The summed E-state index contributed by atoms with van der Waals surface area (Å²) in [6, 6.07) is 7.67. The van der Waals surface area contributed by atoms with E-state index < -0.39 is 0 Å². The van der Waals surface area contributed by atoms with Gasteiger partial charge in [0.05, 0.1) is 11.7 Å². The minimum absolute atomic E-state index is 0.355. The van der Waals surface area contributed by atoms with Crippen LogP contribution in [-0.2, 0) is 0 Å². The molecule has 84 valence electrons. The number of benzene rings is 1. The molecule has 0 aromatic heterocycles. The van der Waals surface area contributed by atoms with Gasteiger partial charge in [-0.3, -0.25) is 0 Å². The Hall–Kier alpha value is -1.01. The van der Waals surface area contributed by atoms with E-state index in [1.807, 2.05) is 12.1 Å². The lowest BCUT2D eigenvalue weighted by Crippen LogP contribution is -2.19. The molecule has 0 atom stereocenters. The summed E-state index contributed by atoms with van der Waals surface area (Å²) in [5.41, 5.74) is 0.649. The van der Waals surface area contributed by atoms with E-state index in [0.717, 1.165) is 23.1 Å². The Balaban J connectivity index is 2.04. The van der Waals surface area contributed by atoms with Gasteiger partial charge < -0.3 is 4.74 Å². The smallest absolute Gasteiger partial charge is 0.120 e. The molecular weight excluding hydrogens is 266 g/mol. The molecule has 0 saturated heterocycles. The molecule has 0 amide bonds. The van der Waals surface area contributed by atoms with Crippen LogP contribution in [0.4, 0.5) is 0 Å². The zero-order chi connectivity index (χ0) is 11.4. The Labute approximate surface area is 104 Å². The van der Waals surface area contributed by atoms with Gasteiger partial charge in [-0.2, -0.15) is 5.26 Å². The van der Waals surface area contributed by atoms with Crippen molar-refractivity contribution in [1.29, 1.82) is 5.26 Å². The summed E-state index contributed by atoms with van der Waals surface area (Å²) in [5, 5.41) is 8.81. The van der Waals surface area contributed by atoms with Crippen LogP contribution in [0.25, 0.3) is 0 Å². The molecule has 1 aliphatic carbocycles. The van der Waals surface area contributed by atoms with Crippen LogP contribution in [0.1, 0.15) is 37.7 Å². The first-order chi connectivity index (χ1) is 7.79. The SMILES string of the molecule is N#Cc1ccc(OC2CCCCC2)cc1Br. The largest absolute Gasteiger partial charge is 0.490 e. The number of nitrogens with zero attached hydrogens (tertiary/aromatic N) is 1. The number of ether oxygens (including phenoxy) is 1. The number of hydrogen-bond acceptors (Lipinski definition) is 2. The van der Waals surface area contributed by atoms with Crippen molar-refractivity contribution in [1.82, 2.24) is 0 Å². The topological polar surface area (TPSA) is 33.0 Å². The quantitative estimate of drug-likeness (QED) is 0.819. The van der Waals surface area contributed by atoms with E-state index in [2.05, 4.69) is 22.0 Å². The first kappa shape index (κ1) is 11.5. The molecule has 0 aliphatic heterocycles. The highest BCUT2D eigenvalue weighted by Crippen LogP contribution is 2.27. The van der Waals surface area contributed by atoms with Gasteiger partial charge in [0.2, 0.25) is 0 Å². The maximum atomic E-state index is 8.81. The molecule has 0 heterocycles. The summed E-state index contributed by atoms with van der Waals surface area (Å²) in [4.78, 5) is 0. The number of rotatable bonds is 2. The van der Waals surface area contributed by atoms with Crippen molar-refractivity contribution in [3.8, 4) is 11.8 Å². The zero-order valence-electron chi connectivity index (χ0n) is 9.08. The Morgan fingerprint density at radius 3 is 2.62 bits per heavy atom. The summed E-state index contributed by atoms with van der Waals surface area (Å²) in [5.74, 6) is 0.859. The van der Waals surface area contributed by atoms with E-state index >= 15 is 0 Å². The van der Waals surface area contributed by atoms with Crippen LogP contribution in [-0.4, -0.2) is 6.10 Å². The van der Waals surface area contributed by atoms with Crippen LogP contribution in [0.15, 0.2) is 22.7 Å². The maximum absolute atomic E-state index is 8.81. The van der Waals surface area contributed by atoms with Crippen LogP contribution in [0.5, 0.6) is 5.75 Å². The monoisotopic (exact) mass is 279 g/mol. The van der Waals surface area contributed by atoms with Crippen molar-refractivity contribution < 1.29 is 4.74 Å². The van der Waals surface area contributed by atoms with Crippen LogP contribution in [0.2, 0.25) is 0 Å². The fourth-order valence-electron chi connectivity index (χ4n) is 2.04. The highest BCUT2D eigenvalue weighted by molar-refractivity contribution is 9.10. The van der Waals surface area contributed by atoms with Crippen LogP contribution in [0.3, 0.4) is 0 Å². The second kappa shape index (κ2) is 5.36. The third-order valence-corrected chi connectivity index (χ3v) is 3.57. The first-order valence-electron chi connectivity index (χ1n) is 5.66. The van der Waals surface area contributed by atoms with Crippen molar-refractivity contribution in [3.63, 3.8) is 0 Å². The molecule has 0 N–H and O–H groups in total. The van der Waals surface area contributed by atoms with Gasteiger partial charge in [0.25, 0.3) is 0 Å². The predicted octanol–water partition coefficient (Wildman–Crippen LogP) is 4.03. The molecule has 1 fully saturated rings. The predicted molar refractivity (Wildman–Crippen MR) is 66.4 cm³/mol. The molecule has 1 aromatic rings. The molecular formula is C13H14BrNO. The molecule has 0 unspecified atom stereocenters. The number of halogens is 1. The average Bonchev–Trinajstić information content (AvgIpc) is 2.31. The van der Waals surface area contributed by atoms with E-state index in [4.69, 9.17) is 10.00 Å². The molecule has 0 spiro atoms. The lowest BCUT2D eigenvalue weighted by molar-refractivity contribution is 0.155. The third-order valence-electron chi connectivity index (χ3n) is 2.92. The Bertz CT molecular complexity index is 405. The molecule has 1 aromatic carbocycles. The lowest BCUT2D eigenvalue weighted by Gasteiger charge is -2.23. The molecule has 2 rings (SSSR count). The van der Waals surface area contributed by atoms with Gasteiger partial charge in [0.15, 0.2) is 0 Å². The molecule has 3 heteroatoms. The summed E-state index contributed by atoms with van der Waals surface area (Å²) in [6.45, 7) is 0. The van der Waals surface area contributed by atoms with E-state index in [-0.39, 0.29) is 0 Å². The highest BCUT2D eigenvalue weighted by atomic mass is 79.9. The summed E-state index contributed by atoms with van der Waals surface area (Å²) in [6.07, 6.45) is 6.52. The van der Waals surface area contributed by atoms with Gasteiger partial charge in [-0.05, 0) is 59.8 Å². The average molecular weight is 280 g/mol. The minimum atomic E-state index is 0.355. The molecule has 0 radical (unpaired) electrons. The van der Waals surface area contributed by atoms with Gasteiger partial charge >= 0.3 is 0 Å². The number of hydrogen-bond donors (Lipinski definition) is 0. The van der Waals surface area contributed by atoms with Gasteiger partial charge in [0.1, 0.15) is 11.8 Å². The normalized spacial score (nSPS) is 16.8. The lowest BCUT2D eigenvalue weighted by atomic mass is 9.98. The first-order valence-corrected chi connectivity index (χ1v) is 6.45. The second-order valence-corrected chi connectivity index (χ2v) is 4.99. The third kappa shape index (κ3) is 2.76. The van der Waals surface area contributed by atoms with Gasteiger partial charge in [-0.15, -0.1) is 0 Å². The Kier molecular flexibility index (Phi) is 3.84. The minimum Gasteiger partial charge on any atom is -0.490 e. The van der Waals surface area contributed by atoms with Crippen molar-refractivity contribution in [3.05, 3.63) is 28.2 Å². The zero-order valence-corrected chi connectivity index (χ0v) is 10.7. The van der Waals surface area contributed by atoms with E-state index in [1.165, 1.54) is 19.3 Å². The summed E-state index contributed by atoms with van der Waals surface area (Å²) in [7, 11) is 0. The number of nitriles is 1. The Morgan fingerprint density at radius 1 is 1.25 bits per heavy atom. The van der Waals surface area contributed by atoms with Crippen LogP contribution < -0.4 is 4.74 Å². The highest BCUT2D eigenvalue weighted by Gasteiger charge is 2.15. The van der Waals surface area contributed by atoms with Gasteiger partial charge in [0, 0.05) is 4.47 Å². The Morgan fingerprint density at radius 2 is 2.00 bits per heavy atom. The maximum Gasteiger partial charge on any atom is 0.120 e. The standard InChI is InChI=1S/C13H14BrNO/c14-13-8-12(7-6-10(13)9-15)16-11-4-2-1-3-5-11/h6-8,11H,1-5H2. The van der Waals surface area contributed by atoms with Crippen molar-refractivity contribution in [2.75, 3.05) is 0 Å². The van der Waals surface area contributed by atoms with Crippen molar-refractivity contribution >= 4 is 15.9 Å². The van der Waals surface area contributed by atoms with E-state index in [9.17, 15) is 0 Å². The van der Waals surface area contributed by atoms with E-state index in [0.29, 0.717) is 11.7 Å². The molecule has 0 bridgehead atoms. The summed E-state index contributed by atoms with van der Waals surface area (Å²) < 4.78 is 6.70.